The topological polar surface area (TPSA) is 26.3 Å². The Morgan fingerprint density at radius 2 is 1.71 bits per heavy atom. The van der Waals surface area contributed by atoms with E-state index in [1.165, 1.54) is 18.2 Å². The maximum absolute atomic E-state index is 13.9. The molecule has 0 saturated carbocycles. The van der Waals surface area contributed by atoms with E-state index < -0.39 is 11.6 Å². The van der Waals surface area contributed by atoms with Crippen molar-refractivity contribution >= 4 is 5.97 Å². The van der Waals surface area contributed by atoms with Gasteiger partial charge in [-0.2, -0.15) is 0 Å². The molecule has 0 aliphatic rings. The second-order valence-corrected chi connectivity index (χ2v) is 2.84. The van der Waals surface area contributed by atoms with Crippen LogP contribution in [0.3, 0.4) is 0 Å². The van der Waals surface area contributed by atoms with Gasteiger partial charge in [0.15, 0.2) is 0 Å². The van der Waals surface area contributed by atoms with Gasteiger partial charge in [-0.3, -0.25) is 0 Å². The van der Waals surface area contributed by atoms with Gasteiger partial charge in [0.05, 0.1) is 0 Å². The van der Waals surface area contributed by atoms with Gasteiger partial charge in [0, 0.05) is 12.8 Å². The highest BCUT2D eigenvalue weighted by molar-refractivity contribution is 5.80. The number of alkyl halides is 1. The number of ether oxygens (including phenoxy) is 1. The molecule has 14 heavy (non-hydrogen) atoms. The number of esters is 1. The maximum atomic E-state index is 13.9. The second-order valence-electron chi connectivity index (χ2n) is 2.84. The van der Waals surface area contributed by atoms with Gasteiger partial charge < -0.3 is 4.74 Å². The molecule has 0 rings (SSSR count). The molecule has 0 aliphatic heterocycles. The van der Waals surface area contributed by atoms with Crippen molar-refractivity contribution in [3.63, 3.8) is 0 Å². The average molecular weight is 198 g/mol. The smallest absolute Gasteiger partial charge is 0.344 e. The molecule has 0 atom stereocenters. The molecule has 2 nitrogen and oxygen atoms in total. The highest BCUT2D eigenvalue weighted by Gasteiger charge is 2.37. The molecule has 0 aromatic heterocycles. The Hall–Kier alpha value is -1.38. The Labute approximate surface area is 83.8 Å². The zero-order chi connectivity index (χ0) is 11.0. The lowest BCUT2D eigenvalue weighted by molar-refractivity contribution is -0.156. The molecule has 0 radical (unpaired) electrons. The first-order chi connectivity index (χ1) is 6.60. The van der Waals surface area contributed by atoms with E-state index in [0.717, 1.165) is 0 Å². The first-order valence-electron chi connectivity index (χ1n) is 4.29. The molecule has 0 fully saturated rings. The molecule has 3 heteroatoms. The normalized spacial score (nSPS) is 10.4. The van der Waals surface area contributed by atoms with E-state index in [-0.39, 0.29) is 19.4 Å². The number of halogens is 1. The standard InChI is InChI=1S/C11H15FO2/c1-4-7-11(12,8-5-2)10(13)14-9-6-3/h4-6H,1-3,7-9H2. The lowest BCUT2D eigenvalue weighted by Crippen LogP contribution is -2.34. The summed E-state index contributed by atoms with van der Waals surface area (Å²) in [5.74, 6) is -0.891. The zero-order valence-corrected chi connectivity index (χ0v) is 8.17. The van der Waals surface area contributed by atoms with Crippen LogP contribution in [0.5, 0.6) is 0 Å². The number of hydrogen-bond donors (Lipinski definition) is 0. The fourth-order valence-electron chi connectivity index (χ4n) is 0.972. The Morgan fingerprint density at radius 1 is 1.21 bits per heavy atom. The summed E-state index contributed by atoms with van der Waals surface area (Å²) >= 11 is 0. The Balaban J connectivity index is 4.44. The van der Waals surface area contributed by atoms with Gasteiger partial charge in [0.2, 0.25) is 5.67 Å². The average Bonchev–Trinajstić information content (AvgIpc) is 2.15. The molecule has 0 bridgehead atoms. The number of allylic oxidation sites excluding steroid dienone is 2. The molecular weight excluding hydrogens is 183 g/mol. The maximum Gasteiger partial charge on any atom is 0.344 e. The van der Waals surface area contributed by atoms with Gasteiger partial charge in [0.25, 0.3) is 0 Å². The van der Waals surface area contributed by atoms with Crippen LogP contribution >= 0.6 is 0 Å². The van der Waals surface area contributed by atoms with E-state index >= 15 is 0 Å². The van der Waals surface area contributed by atoms with Gasteiger partial charge in [-0.05, 0) is 0 Å². The summed E-state index contributed by atoms with van der Waals surface area (Å²) in [4.78, 5) is 11.3. The molecule has 0 amide bonds. The van der Waals surface area contributed by atoms with Crippen LogP contribution in [0.4, 0.5) is 4.39 Å². The van der Waals surface area contributed by atoms with E-state index in [9.17, 15) is 9.18 Å². The number of hydrogen-bond acceptors (Lipinski definition) is 2. The summed E-state index contributed by atoms with van der Waals surface area (Å²) < 4.78 is 18.5. The molecular formula is C11H15FO2. The number of rotatable bonds is 7. The van der Waals surface area contributed by atoms with Crippen molar-refractivity contribution in [3.05, 3.63) is 38.0 Å². The molecule has 78 valence electrons. The molecule has 0 saturated heterocycles. The van der Waals surface area contributed by atoms with Crippen molar-refractivity contribution in [1.29, 1.82) is 0 Å². The van der Waals surface area contributed by atoms with Crippen LogP contribution in [0, 0.1) is 0 Å². The van der Waals surface area contributed by atoms with Crippen LogP contribution in [0.2, 0.25) is 0 Å². The van der Waals surface area contributed by atoms with Crippen LogP contribution in [0.15, 0.2) is 38.0 Å². The van der Waals surface area contributed by atoms with Crippen LogP contribution < -0.4 is 0 Å². The summed E-state index contributed by atoms with van der Waals surface area (Å²) in [5.41, 5.74) is -2.04. The third kappa shape index (κ3) is 3.56. The zero-order valence-electron chi connectivity index (χ0n) is 8.17. The van der Waals surface area contributed by atoms with E-state index in [1.54, 1.807) is 0 Å². The third-order valence-electron chi connectivity index (χ3n) is 1.63. The highest BCUT2D eigenvalue weighted by Crippen LogP contribution is 2.23. The summed E-state index contributed by atoms with van der Waals surface area (Å²) in [6.07, 6.45) is 3.93. The van der Waals surface area contributed by atoms with Gasteiger partial charge in [-0.25, -0.2) is 9.18 Å². The van der Waals surface area contributed by atoms with Crippen molar-refractivity contribution in [2.75, 3.05) is 6.61 Å². The van der Waals surface area contributed by atoms with Gasteiger partial charge >= 0.3 is 5.97 Å². The lowest BCUT2D eigenvalue weighted by Gasteiger charge is -2.19. The van der Waals surface area contributed by atoms with E-state index in [4.69, 9.17) is 0 Å². The van der Waals surface area contributed by atoms with Gasteiger partial charge in [0.1, 0.15) is 6.61 Å². The van der Waals surface area contributed by atoms with Crippen molar-refractivity contribution in [2.45, 2.75) is 18.5 Å². The minimum atomic E-state index is -2.04. The first kappa shape index (κ1) is 12.6. The summed E-state index contributed by atoms with van der Waals surface area (Å²) in [7, 11) is 0. The third-order valence-corrected chi connectivity index (χ3v) is 1.63. The minimum absolute atomic E-state index is 0.0127. The molecule has 0 N–H and O–H groups in total. The van der Waals surface area contributed by atoms with E-state index in [0.29, 0.717) is 0 Å². The van der Waals surface area contributed by atoms with Crippen molar-refractivity contribution in [3.8, 4) is 0 Å². The fourth-order valence-corrected chi connectivity index (χ4v) is 0.972. The summed E-state index contributed by atoms with van der Waals surface area (Å²) in [5, 5.41) is 0. The summed E-state index contributed by atoms with van der Waals surface area (Å²) in [6.45, 7) is 10.2. The first-order valence-corrected chi connectivity index (χ1v) is 4.29. The predicted molar refractivity (Wildman–Crippen MR) is 54.6 cm³/mol. The lowest BCUT2D eigenvalue weighted by atomic mass is 9.98. The number of carbonyl (C=O) groups is 1. The fraction of sp³-hybridized carbons (Fsp3) is 0.364. The summed E-state index contributed by atoms with van der Waals surface area (Å²) in [6, 6.07) is 0. The molecule has 0 spiro atoms. The predicted octanol–water partition coefficient (Wildman–Crippen LogP) is 2.58. The van der Waals surface area contributed by atoms with Crippen LogP contribution in [-0.4, -0.2) is 18.2 Å². The Kier molecular flexibility index (Phi) is 5.53. The largest absolute Gasteiger partial charge is 0.459 e. The molecule has 0 aliphatic carbocycles. The molecule has 0 aromatic rings. The molecule has 0 aromatic carbocycles. The van der Waals surface area contributed by atoms with E-state index in [2.05, 4.69) is 24.5 Å². The minimum Gasteiger partial charge on any atom is -0.459 e. The second kappa shape index (κ2) is 6.13. The van der Waals surface area contributed by atoms with Crippen molar-refractivity contribution in [1.82, 2.24) is 0 Å². The highest BCUT2D eigenvalue weighted by atomic mass is 19.1. The number of carbonyl (C=O) groups excluding carboxylic acids is 1. The monoisotopic (exact) mass is 198 g/mol. The van der Waals surface area contributed by atoms with Crippen LogP contribution in [0.25, 0.3) is 0 Å². The molecule has 0 heterocycles. The van der Waals surface area contributed by atoms with Crippen molar-refractivity contribution in [2.24, 2.45) is 0 Å². The molecule has 0 unspecified atom stereocenters. The van der Waals surface area contributed by atoms with Gasteiger partial charge in [-0.1, -0.05) is 24.8 Å². The van der Waals surface area contributed by atoms with Gasteiger partial charge in [-0.15, -0.1) is 13.2 Å². The van der Waals surface area contributed by atoms with Crippen molar-refractivity contribution < 1.29 is 13.9 Å². The Bertz CT molecular complexity index is 223. The SMILES string of the molecule is C=CCOC(=O)C(F)(CC=C)CC=C. The van der Waals surface area contributed by atoms with E-state index in [1.807, 2.05) is 0 Å². The van der Waals surface area contributed by atoms with Crippen LogP contribution in [0.1, 0.15) is 12.8 Å². The quantitative estimate of drug-likeness (QED) is 0.464. The van der Waals surface area contributed by atoms with Crippen LogP contribution in [-0.2, 0) is 9.53 Å². The Morgan fingerprint density at radius 3 is 2.07 bits per heavy atom.